The van der Waals surface area contributed by atoms with E-state index in [1.54, 1.807) is 55.8 Å². The lowest BCUT2D eigenvalue weighted by molar-refractivity contribution is 0.643. The zero-order valence-corrected chi connectivity index (χ0v) is 15.7. The molecular weight excluding hydrogens is 386 g/mol. The van der Waals surface area contributed by atoms with Crippen LogP contribution in [0.2, 0.25) is 10.0 Å². The molecule has 4 rings (SSSR count). The van der Waals surface area contributed by atoms with E-state index in [9.17, 15) is 0 Å². The number of nitrogens with zero attached hydrogens (tertiary/aromatic N) is 3. The zero-order valence-electron chi connectivity index (χ0n) is 14.2. The van der Waals surface area contributed by atoms with Crippen molar-refractivity contribution in [1.29, 1.82) is 0 Å². The van der Waals surface area contributed by atoms with Crippen LogP contribution in [0.4, 0.5) is 10.2 Å². The average molecular weight is 399 g/mol. The second kappa shape index (κ2) is 7.10. The van der Waals surface area contributed by atoms with Gasteiger partial charge in [0.25, 0.3) is 0 Å². The highest BCUT2D eigenvalue weighted by atomic mass is 35.5. The highest BCUT2D eigenvalue weighted by Gasteiger charge is 2.17. The van der Waals surface area contributed by atoms with Gasteiger partial charge in [-0.2, -0.15) is 0 Å². The lowest BCUT2D eigenvalue weighted by atomic mass is 10.0. The summed E-state index contributed by atoms with van der Waals surface area (Å²) >= 11 is 12.0. The van der Waals surface area contributed by atoms with Crippen LogP contribution in [0.15, 0.2) is 54.9 Å². The summed E-state index contributed by atoms with van der Waals surface area (Å²) in [5, 5.41) is 4.06. The number of pyridine rings is 1. The molecule has 2 aromatic carbocycles. The highest BCUT2D eigenvalue weighted by Crippen LogP contribution is 2.35. The van der Waals surface area contributed by atoms with Crippen LogP contribution in [-0.2, 0) is 0 Å². The number of benzene rings is 2. The van der Waals surface area contributed by atoms with Gasteiger partial charge in [-0.15, -0.1) is 0 Å². The summed E-state index contributed by atoms with van der Waals surface area (Å²) in [5.41, 5.74) is 2.27. The van der Waals surface area contributed by atoms with Crippen LogP contribution < -0.4 is 5.32 Å². The highest BCUT2D eigenvalue weighted by molar-refractivity contribution is 6.42. The summed E-state index contributed by atoms with van der Waals surface area (Å²) < 4.78 is 15.4. The Morgan fingerprint density at radius 3 is 2.52 bits per heavy atom. The van der Waals surface area contributed by atoms with Crippen molar-refractivity contribution >= 4 is 39.9 Å². The molecule has 1 N–H and O–H groups in total. The molecule has 0 saturated carbocycles. The second-order valence-electron chi connectivity index (χ2n) is 5.84. The molecule has 4 nitrogen and oxygen atoms in total. The molecule has 0 atom stereocenters. The molecule has 134 valence electrons. The van der Waals surface area contributed by atoms with Crippen LogP contribution in [0.1, 0.15) is 0 Å². The molecule has 2 aromatic heterocycles. The molecule has 7 heteroatoms. The monoisotopic (exact) mass is 398 g/mol. The van der Waals surface area contributed by atoms with Crippen molar-refractivity contribution in [2.75, 3.05) is 12.4 Å². The molecule has 0 bridgehead atoms. The first-order chi connectivity index (χ1) is 13.1. The SMILES string of the molecule is CNc1nc(-c2cccnc2)nc2ccc(-c3ccc(Cl)c(Cl)c3)c(F)c12. The minimum atomic E-state index is -0.423. The fraction of sp³-hybridized carbons (Fsp3) is 0.0500. The van der Waals surface area contributed by atoms with Gasteiger partial charge in [-0.3, -0.25) is 4.98 Å². The number of aromatic nitrogens is 3. The minimum absolute atomic E-state index is 0.314. The molecule has 0 aliphatic carbocycles. The predicted molar refractivity (Wildman–Crippen MR) is 108 cm³/mol. The summed E-state index contributed by atoms with van der Waals surface area (Å²) in [4.78, 5) is 13.1. The van der Waals surface area contributed by atoms with Crippen LogP contribution >= 0.6 is 23.2 Å². The number of anilines is 1. The fourth-order valence-corrected chi connectivity index (χ4v) is 3.17. The molecule has 0 amide bonds. The normalized spacial score (nSPS) is 11.0. The van der Waals surface area contributed by atoms with Crippen LogP contribution in [-0.4, -0.2) is 22.0 Å². The van der Waals surface area contributed by atoms with E-state index >= 15 is 4.39 Å². The third-order valence-electron chi connectivity index (χ3n) is 4.19. The first-order valence-electron chi connectivity index (χ1n) is 8.12. The van der Waals surface area contributed by atoms with Gasteiger partial charge in [-0.05, 0) is 42.0 Å². The quantitative estimate of drug-likeness (QED) is 0.470. The van der Waals surface area contributed by atoms with Crippen LogP contribution in [0, 0.1) is 5.82 Å². The van der Waals surface area contributed by atoms with Crippen LogP contribution in [0.25, 0.3) is 33.4 Å². The zero-order chi connectivity index (χ0) is 19.0. The number of nitrogens with one attached hydrogen (secondary N) is 1. The van der Waals surface area contributed by atoms with Gasteiger partial charge in [0.2, 0.25) is 0 Å². The number of rotatable bonds is 3. The van der Waals surface area contributed by atoms with Crippen molar-refractivity contribution in [3.05, 3.63) is 70.7 Å². The van der Waals surface area contributed by atoms with Crippen molar-refractivity contribution in [3.63, 3.8) is 0 Å². The Hall–Kier alpha value is -2.76. The molecule has 0 radical (unpaired) electrons. The van der Waals surface area contributed by atoms with Crippen molar-refractivity contribution in [2.24, 2.45) is 0 Å². The van der Waals surface area contributed by atoms with Crippen LogP contribution in [0.3, 0.4) is 0 Å². The summed E-state index contributed by atoms with van der Waals surface area (Å²) in [6, 6.07) is 12.1. The molecule has 2 heterocycles. The molecule has 27 heavy (non-hydrogen) atoms. The molecule has 0 fully saturated rings. The lowest BCUT2D eigenvalue weighted by Crippen LogP contribution is -2.01. The van der Waals surface area contributed by atoms with Crippen molar-refractivity contribution < 1.29 is 4.39 Å². The Morgan fingerprint density at radius 1 is 0.963 bits per heavy atom. The Balaban J connectivity index is 1.94. The fourth-order valence-electron chi connectivity index (χ4n) is 2.88. The largest absolute Gasteiger partial charge is 0.372 e. The molecule has 0 spiro atoms. The maximum absolute atomic E-state index is 15.4. The van der Waals surface area contributed by atoms with E-state index in [1.807, 2.05) is 6.07 Å². The number of halogens is 3. The van der Waals surface area contributed by atoms with Gasteiger partial charge in [0.15, 0.2) is 5.82 Å². The maximum atomic E-state index is 15.4. The van der Waals surface area contributed by atoms with Gasteiger partial charge in [-0.25, -0.2) is 14.4 Å². The van der Waals surface area contributed by atoms with Gasteiger partial charge in [0.05, 0.1) is 20.9 Å². The average Bonchev–Trinajstić information content (AvgIpc) is 2.70. The Labute approximate surface area is 165 Å². The summed E-state index contributed by atoms with van der Waals surface area (Å²) in [6.07, 6.45) is 3.34. The first kappa shape index (κ1) is 17.6. The Morgan fingerprint density at radius 2 is 1.81 bits per heavy atom. The van der Waals surface area contributed by atoms with Crippen molar-refractivity contribution in [3.8, 4) is 22.5 Å². The standard InChI is InChI=1S/C20H13Cl2FN4/c1-24-20-17-16(26-19(27-20)12-3-2-8-25-10-12)7-5-13(18(17)23)11-4-6-14(21)15(22)9-11/h2-10H,1H3,(H,24,26,27). The first-order valence-corrected chi connectivity index (χ1v) is 8.88. The van der Waals surface area contributed by atoms with E-state index in [-0.39, 0.29) is 0 Å². The van der Waals surface area contributed by atoms with Gasteiger partial charge in [0.1, 0.15) is 11.6 Å². The van der Waals surface area contributed by atoms with E-state index in [0.717, 1.165) is 5.56 Å². The molecule has 0 saturated heterocycles. The van der Waals surface area contributed by atoms with E-state index in [1.165, 1.54) is 0 Å². The predicted octanol–water partition coefficient (Wildman–Crippen LogP) is 5.85. The van der Waals surface area contributed by atoms with Crippen molar-refractivity contribution in [2.45, 2.75) is 0 Å². The third-order valence-corrected chi connectivity index (χ3v) is 4.93. The third kappa shape index (κ3) is 3.20. The Bertz CT molecular complexity index is 1150. The molecule has 0 aliphatic rings. The summed E-state index contributed by atoms with van der Waals surface area (Å²) in [7, 11) is 1.69. The van der Waals surface area contributed by atoms with E-state index in [0.29, 0.717) is 43.7 Å². The van der Waals surface area contributed by atoms with Gasteiger partial charge in [-0.1, -0.05) is 29.3 Å². The number of fused-ring (bicyclic) bond motifs is 1. The van der Waals surface area contributed by atoms with Gasteiger partial charge < -0.3 is 5.32 Å². The van der Waals surface area contributed by atoms with E-state index < -0.39 is 5.82 Å². The van der Waals surface area contributed by atoms with E-state index in [4.69, 9.17) is 23.2 Å². The second-order valence-corrected chi connectivity index (χ2v) is 6.65. The molecular formula is C20H13Cl2FN4. The van der Waals surface area contributed by atoms with Crippen molar-refractivity contribution in [1.82, 2.24) is 15.0 Å². The van der Waals surface area contributed by atoms with Gasteiger partial charge >= 0.3 is 0 Å². The maximum Gasteiger partial charge on any atom is 0.163 e. The molecule has 0 unspecified atom stereocenters. The smallest absolute Gasteiger partial charge is 0.163 e. The van der Waals surface area contributed by atoms with Gasteiger partial charge in [0, 0.05) is 30.6 Å². The number of hydrogen-bond acceptors (Lipinski definition) is 4. The van der Waals surface area contributed by atoms with Crippen LogP contribution in [0.5, 0.6) is 0 Å². The molecule has 4 aromatic rings. The Kier molecular flexibility index (Phi) is 4.64. The minimum Gasteiger partial charge on any atom is -0.372 e. The van der Waals surface area contributed by atoms with E-state index in [2.05, 4.69) is 20.3 Å². The topological polar surface area (TPSA) is 50.7 Å². The molecule has 0 aliphatic heterocycles. The summed E-state index contributed by atoms with van der Waals surface area (Å²) in [5.74, 6) is 0.452. The number of hydrogen-bond donors (Lipinski definition) is 1. The lowest BCUT2D eigenvalue weighted by Gasteiger charge is -2.12. The summed E-state index contributed by atoms with van der Waals surface area (Å²) in [6.45, 7) is 0.